The molecule has 0 heterocycles. The molecule has 124 valence electrons. The highest BCUT2D eigenvalue weighted by molar-refractivity contribution is 5.50. The molecule has 0 unspecified atom stereocenters. The zero-order chi connectivity index (χ0) is 16.8. The minimum absolute atomic E-state index is 0.247. The van der Waals surface area contributed by atoms with Gasteiger partial charge in [0.15, 0.2) is 0 Å². The van der Waals surface area contributed by atoms with Crippen molar-refractivity contribution in [1.82, 2.24) is 0 Å². The maximum atomic E-state index is 2.43. The predicted molar refractivity (Wildman–Crippen MR) is 98.9 cm³/mol. The standard InChI is InChI=1S/C22H36/c1-9-13-22(10-2)14-16-17(15-22)19(21(6,7)8)12-11-18(16)20(3,4)5/h11-12H,9-10,13-15H2,1-8H3. The van der Waals surface area contributed by atoms with Crippen molar-refractivity contribution in [1.29, 1.82) is 0 Å². The van der Waals surface area contributed by atoms with E-state index in [0.717, 1.165) is 0 Å². The third kappa shape index (κ3) is 3.12. The molecule has 0 saturated heterocycles. The van der Waals surface area contributed by atoms with Gasteiger partial charge in [0, 0.05) is 0 Å². The van der Waals surface area contributed by atoms with Gasteiger partial charge in [0.25, 0.3) is 0 Å². The molecular weight excluding hydrogens is 264 g/mol. The summed E-state index contributed by atoms with van der Waals surface area (Å²) in [5, 5.41) is 0. The Bertz CT molecular complexity index is 491. The molecule has 0 heteroatoms. The summed E-state index contributed by atoms with van der Waals surface area (Å²) in [5.41, 5.74) is 7.56. The van der Waals surface area contributed by atoms with Gasteiger partial charge in [-0.05, 0) is 64.2 Å². The lowest BCUT2D eigenvalue weighted by Crippen LogP contribution is -2.21. The number of rotatable bonds is 3. The molecule has 0 nitrogen and oxygen atoms in total. The Morgan fingerprint density at radius 1 is 0.818 bits per heavy atom. The Morgan fingerprint density at radius 3 is 1.50 bits per heavy atom. The van der Waals surface area contributed by atoms with Gasteiger partial charge in [-0.1, -0.05) is 73.9 Å². The van der Waals surface area contributed by atoms with Crippen molar-refractivity contribution >= 4 is 0 Å². The fourth-order valence-electron chi connectivity index (χ4n) is 4.45. The number of benzene rings is 1. The van der Waals surface area contributed by atoms with Crippen LogP contribution in [-0.2, 0) is 23.7 Å². The molecule has 0 spiro atoms. The summed E-state index contributed by atoms with van der Waals surface area (Å²) in [7, 11) is 0. The molecular formula is C22H36. The highest BCUT2D eigenvalue weighted by Crippen LogP contribution is 2.49. The summed E-state index contributed by atoms with van der Waals surface area (Å²) >= 11 is 0. The highest BCUT2D eigenvalue weighted by atomic mass is 14.4. The molecule has 0 atom stereocenters. The summed E-state index contributed by atoms with van der Waals surface area (Å²) < 4.78 is 0. The van der Waals surface area contributed by atoms with Crippen molar-refractivity contribution in [3.05, 3.63) is 34.4 Å². The molecule has 2 rings (SSSR count). The van der Waals surface area contributed by atoms with Gasteiger partial charge in [-0.3, -0.25) is 0 Å². The maximum absolute atomic E-state index is 2.43. The lowest BCUT2D eigenvalue weighted by molar-refractivity contribution is 0.263. The van der Waals surface area contributed by atoms with Crippen molar-refractivity contribution < 1.29 is 0 Å². The van der Waals surface area contributed by atoms with Gasteiger partial charge in [0.1, 0.15) is 0 Å². The van der Waals surface area contributed by atoms with Crippen LogP contribution in [0.15, 0.2) is 12.1 Å². The SMILES string of the molecule is CCCC1(CC)Cc2c(C(C)(C)C)ccc(C(C)(C)C)c2C1. The first-order valence-electron chi connectivity index (χ1n) is 9.20. The molecule has 1 aliphatic rings. The van der Waals surface area contributed by atoms with Crippen LogP contribution in [0.4, 0.5) is 0 Å². The zero-order valence-corrected chi connectivity index (χ0v) is 16.2. The molecule has 0 aromatic heterocycles. The van der Waals surface area contributed by atoms with Gasteiger partial charge in [-0.25, -0.2) is 0 Å². The Hall–Kier alpha value is -0.780. The third-order valence-electron chi connectivity index (χ3n) is 5.68. The second kappa shape index (κ2) is 5.69. The van der Waals surface area contributed by atoms with E-state index in [-0.39, 0.29) is 10.8 Å². The van der Waals surface area contributed by atoms with E-state index in [0.29, 0.717) is 5.41 Å². The third-order valence-corrected chi connectivity index (χ3v) is 5.68. The highest BCUT2D eigenvalue weighted by Gasteiger charge is 2.40. The molecule has 22 heavy (non-hydrogen) atoms. The first-order valence-corrected chi connectivity index (χ1v) is 9.20. The molecule has 0 N–H and O–H groups in total. The van der Waals surface area contributed by atoms with Crippen LogP contribution in [0.2, 0.25) is 0 Å². The summed E-state index contributed by atoms with van der Waals surface area (Å²) in [5.74, 6) is 0. The van der Waals surface area contributed by atoms with Crippen molar-refractivity contribution in [3.63, 3.8) is 0 Å². The number of hydrogen-bond donors (Lipinski definition) is 0. The average molecular weight is 301 g/mol. The molecule has 1 aromatic carbocycles. The minimum atomic E-state index is 0.247. The van der Waals surface area contributed by atoms with Crippen molar-refractivity contribution in [2.45, 2.75) is 98.3 Å². The molecule has 0 amide bonds. The summed E-state index contributed by atoms with van der Waals surface area (Å²) in [6.07, 6.45) is 6.57. The lowest BCUT2D eigenvalue weighted by Gasteiger charge is -2.28. The van der Waals surface area contributed by atoms with Gasteiger partial charge in [0.05, 0.1) is 0 Å². The van der Waals surface area contributed by atoms with E-state index in [1.165, 1.54) is 32.1 Å². The normalized spacial score (nSPS) is 17.6. The van der Waals surface area contributed by atoms with Crippen LogP contribution in [0.3, 0.4) is 0 Å². The fourth-order valence-corrected chi connectivity index (χ4v) is 4.45. The Balaban J connectivity index is 2.62. The molecule has 0 bridgehead atoms. The van der Waals surface area contributed by atoms with Crippen molar-refractivity contribution in [2.24, 2.45) is 5.41 Å². The van der Waals surface area contributed by atoms with E-state index in [2.05, 4.69) is 67.5 Å². The largest absolute Gasteiger partial charge is 0.0654 e. The summed E-state index contributed by atoms with van der Waals surface area (Å²) in [6, 6.07) is 4.86. The van der Waals surface area contributed by atoms with Crippen LogP contribution in [-0.4, -0.2) is 0 Å². The van der Waals surface area contributed by atoms with Gasteiger partial charge in [0.2, 0.25) is 0 Å². The number of fused-ring (bicyclic) bond motifs is 1. The molecule has 0 fully saturated rings. The van der Waals surface area contributed by atoms with Crippen LogP contribution < -0.4 is 0 Å². The zero-order valence-electron chi connectivity index (χ0n) is 16.2. The molecule has 1 aromatic rings. The quantitative estimate of drug-likeness (QED) is 0.591. The summed E-state index contributed by atoms with van der Waals surface area (Å²) in [6.45, 7) is 18.9. The van der Waals surface area contributed by atoms with E-state index < -0.39 is 0 Å². The van der Waals surface area contributed by atoms with Crippen LogP contribution in [0.5, 0.6) is 0 Å². The summed E-state index contributed by atoms with van der Waals surface area (Å²) in [4.78, 5) is 0. The van der Waals surface area contributed by atoms with Crippen LogP contribution in [0.1, 0.15) is 96.9 Å². The van der Waals surface area contributed by atoms with E-state index in [4.69, 9.17) is 0 Å². The average Bonchev–Trinajstić information content (AvgIpc) is 2.74. The second-order valence-corrected chi connectivity index (χ2v) is 9.57. The Kier molecular flexibility index (Phi) is 4.55. The Labute approximate surface area is 138 Å². The maximum Gasteiger partial charge on any atom is -0.0129 e. The van der Waals surface area contributed by atoms with Gasteiger partial charge in [-0.15, -0.1) is 0 Å². The van der Waals surface area contributed by atoms with Crippen LogP contribution >= 0.6 is 0 Å². The van der Waals surface area contributed by atoms with Gasteiger partial charge >= 0.3 is 0 Å². The first-order chi connectivity index (χ1) is 10.0. The topological polar surface area (TPSA) is 0 Å². The van der Waals surface area contributed by atoms with Crippen LogP contribution in [0, 0.1) is 5.41 Å². The van der Waals surface area contributed by atoms with E-state index >= 15 is 0 Å². The minimum Gasteiger partial charge on any atom is -0.0654 e. The second-order valence-electron chi connectivity index (χ2n) is 9.57. The van der Waals surface area contributed by atoms with E-state index in [1.54, 1.807) is 22.3 Å². The number of hydrogen-bond acceptors (Lipinski definition) is 0. The van der Waals surface area contributed by atoms with Crippen LogP contribution in [0.25, 0.3) is 0 Å². The van der Waals surface area contributed by atoms with Gasteiger partial charge < -0.3 is 0 Å². The van der Waals surface area contributed by atoms with Crippen molar-refractivity contribution in [2.75, 3.05) is 0 Å². The van der Waals surface area contributed by atoms with Crippen molar-refractivity contribution in [3.8, 4) is 0 Å². The smallest absolute Gasteiger partial charge is 0.0129 e. The molecule has 0 radical (unpaired) electrons. The molecule has 0 saturated carbocycles. The molecule has 1 aliphatic carbocycles. The lowest BCUT2D eigenvalue weighted by atomic mass is 9.77. The fraction of sp³-hybridized carbons (Fsp3) is 0.727. The predicted octanol–water partition coefficient (Wildman–Crippen LogP) is 6.58. The molecule has 0 aliphatic heterocycles. The first kappa shape index (κ1) is 17.6. The van der Waals surface area contributed by atoms with E-state index in [1.807, 2.05) is 0 Å². The Morgan fingerprint density at radius 2 is 1.23 bits per heavy atom. The van der Waals surface area contributed by atoms with Gasteiger partial charge in [-0.2, -0.15) is 0 Å². The van der Waals surface area contributed by atoms with E-state index in [9.17, 15) is 0 Å². The monoisotopic (exact) mass is 300 g/mol.